The second-order valence-corrected chi connectivity index (χ2v) is 4.89. The van der Waals surface area contributed by atoms with E-state index in [1.165, 1.54) is 0 Å². The van der Waals surface area contributed by atoms with Crippen molar-refractivity contribution in [2.24, 2.45) is 0 Å². The standard InChI is InChI=1S/C13H16N2OS/c1-14-7-8-15(2)13(16)11-9-17-12-6-4-3-5-10(11)12/h3-6,9,14H,7-8H2,1-2H3. The highest BCUT2D eigenvalue weighted by molar-refractivity contribution is 7.17. The van der Waals surface area contributed by atoms with Gasteiger partial charge in [-0.05, 0) is 13.1 Å². The van der Waals surface area contributed by atoms with Gasteiger partial charge in [-0.1, -0.05) is 18.2 Å². The lowest BCUT2D eigenvalue weighted by Crippen LogP contribution is -2.32. The normalized spacial score (nSPS) is 10.7. The molecule has 0 fully saturated rings. The first kappa shape index (κ1) is 12.1. The van der Waals surface area contributed by atoms with Crippen LogP contribution in [0.5, 0.6) is 0 Å². The number of hydrogen-bond donors (Lipinski definition) is 1. The van der Waals surface area contributed by atoms with Crippen LogP contribution in [0.3, 0.4) is 0 Å². The van der Waals surface area contributed by atoms with Crippen LogP contribution in [-0.2, 0) is 0 Å². The number of carbonyl (C=O) groups is 1. The highest BCUT2D eigenvalue weighted by Gasteiger charge is 2.15. The van der Waals surface area contributed by atoms with E-state index in [-0.39, 0.29) is 5.91 Å². The molecule has 0 saturated carbocycles. The van der Waals surface area contributed by atoms with Crippen molar-refractivity contribution in [1.82, 2.24) is 10.2 Å². The van der Waals surface area contributed by atoms with Crippen molar-refractivity contribution in [3.63, 3.8) is 0 Å². The van der Waals surface area contributed by atoms with E-state index in [1.807, 2.05) is 43.7 Å². The first-order valence-corrected chi connectivity index (χ1v) is 6.48. The third-order valence-electron chi connectivity index (χ3n) is 2.76. The highest BCUT2D eigenvalue weighted by atomic mass is 32.1. The summed E-state index contributed by atoms with van der Waals surface area (Å²) in [6.07, 6.45) is 0. The van der Waals surface area contributed by atoms with Gasteiger partial charge in [0.15, 0.2) is 0 Å². The topological polar surface area (TPSA) is 32.3 Å². The van der Waals surface area contributed by atoms with Gasteiger partial charge in [-0.25, -0.2) is 0 Å². The average Bonchev–Trinajstić information content (AvgIpc) is 2.78. The number of amides is 1. The van der Waals surface area contributed by atoms with E-state index in [0.717, 1.165) is 28.7 Å². The molecule has 0 unspecified atom stereocenters. The monoisotopic (exact) mass is 248 g/mol. The van der Waals surface area contributed by atoms with Crippen LogP contribution in [0.1, 0.15) is 10.4 Å². The van der Waals surface area contributed by atoms with Crippen LogP contribution in [0.2, 0.25) is 0 Å². The number of rotatable bonds is 4. The summed E-state index contributed by atoms with van der Waals surface area (Å²) in [7, 11) is 3.73. The Morgan fingerprint density at radius 3 is 2.94 bits per heavy atom. The Labute approximate surface area is 105 Å². The molecule has 0 aliphatic heterocycles. The van der Waals surface area contributed by atoms with Crippen molar-refractivity contribution in [3.05, 3.63) is 35.2 Å². The number of benzene rings is 1. The van der Waals surface area contributed by atoms with E-state index in [0.29, 0.717) is 0 Å². The van der Waals surface area contributed by atoms with E-state index in [4.69, 9.17) is 0 Å². The molecule has 17 heavy (non-hydrogen) atoms. The Hall–Kier alpha value is -1.39. The van der Waals surface area contributed by atoms with Gasteiger partial charge in [0.25, 0.3) is 5.91 Å². The lowest BCUT2D eigenvalue weighted by molar-refractivity contribution is 0.0799. The molecule has 0 aliphatic rings. The molecule has 2 rings (SSSR count). The van der Waals surface area contributed by atoms with Gasteiger partial charge < -0.3 is 10.2 Å². The molecule has 0 spiro atoms. The van der Waals surface area contributed by atoms with Crippen molar-refractivity contribution in [3.8, 4) is 0 Å². The molecule has 3 nitrogen and oxygen atoms in total. The molecule has 1 heterocycles. The van der Waals surface area contributed by atoms with Crippen molar-refractivity contribution in [1.29, 1.82) is 0 Å². The molecule has 2 aromatic rings. The third kappa shape index (κ3) is 2.48. The van der Waals surface area contributed by atoms with Crippen LogP contribution in [0.4, 0.5) is 0 Å². The Kier molecular flexibility index (Phi) is 3.76. The van der Waals surface area contributed by atoms with Gasteiger partial charge in [0.2, 0.25) is 0 Å². The maximum absolute atomic E-state index is 12.2. The summed E-state index contributed by atoms with van der Waals surface area (Å²) in [5.41, 5.74) is 0.809. The molecule has 0 atom stereocenters. The summed E-state index contributed by atoms with van der Waals surface area (Å²) in [4.78, 5) is 14.0. The van der Waals surface area contributed by atoms with E-state index in [2.05, 4.69) is 5.32 Å². The molecule has 90 valence electrons. The Balaban J connectivity index is 2.24. The summed E-state index contributed by atoms with van der Waals surface area (Å²) in [6.45, 7) is 1.53. The minimum Gasteiger partial charge on any atom is -0.340 e. The Morgan fingerprint density at radius 1 is 1.41 bits per heavy atom. The number of nitrogens with zero attached hydrogens (tertiary/aromatic N) is 1. The molecule has 1 N–H and O–H groups in total. The van der Waals surface area contributed by atoms with Crippen molar-refractivity contribution in [2.45, 2.75) is 0 Å². The van der Waals surface area contributed by atoms with Crippen molar-refractivity contribution in [2.75, 3.05) is 27.2 Å². The number of fused-ring (bicyclic) bond motifs is 1. The number of thiophene rings is 1. The van der Waals surface area contributed by atoms with Gasteiger partial charge in [-0.2, -0.15) is 0 Å². The lowest BCUT2D eigenvalue weighted by atomic mass is 10.1. The van der Waals surface area contributed by atoms with Crippen molar-refractivity contribution >= 4 is 27.3 Å². The summed E-state index contributed by atoms with van der Waals surface area (Å²) in [5.74, 6) is 0.0951. The van der Waals surface area contributed by atoms with E-state index >= 15 is 0 Å². The zero-order valence-corrected chi connectivity index (χ0v) is 10.9. The maximum atomic E-state index is 12.2. The van der Waals surface area contributed by atoms with Gasteiger partial charge in [0.1, 0.15) is 0 Å². The fraction of sp³-hybridized carbons (Fsp3) is 0.308. The van der Waals surface area contributed by atoms with Crippen LogP contribution in [0.15, 0.2) is 29.6 Å². The first-order valence-electron chi connectivity index (χ1n) is 5.60. The second-order valence-electron chi connectivity index (χ2n) is 3.98. The second kappa shape index (κ2) is 5.29. The predicted octanol–water partition coefficient (Wildman–Crippen LogP) is 2.19. The van der Waals surface area contributed by atoms with Crippen LogP contribution >= 0.6 is 11.3 Å². The lowest BCUT2D eigenvalue weighted by Gasteiger charge is -2.16. The largest absolute Gasteiger partial charge is 0.340 e. The minimum atomic E-state index is 0.0951. The summed E-state index contributed by atoms with van der Waals surface area (Å²) in [6, 6.07) is 8.02. The minimum absolute atomic E-state index is 0.0951. The Morgan fingerprint density at radius 2 is 2.18 bits per heavy atom. The number of likely N-dealkylation sites (N-methyl/N-ethyl adjacent to an activating group) is 2. The van der Waals surface area contributed by atoms with Crippen LogP contribution < -0.4 is 5.32 Å². The molecule has 0 saturated heterocycles. The molecular weight excluding hydrogens is 232 g/mol. The van der Waals surface area contributed by atoms with Crippen LogP contribution in [0.25, 0.3) is 10.1 Å². The molecular formula is C13H16N2OS. The quantitative estimate of drug-likeness (QED) is 0.899. The van der Waals surface area contributed by atoms with E-state index < -0.39 is 0 Å². The molecule has 1 aromatic heterocycles. The SMILES string of the molecule is CNCCN(C)C(=O)c1csc2ccccc12. The van der Waals surface area contributed by atoms with Gasteiger partial charge in [-0.3, -0.25) is 4.79 Å². The van der Waals surface area contributed by atoms with Crippen molar-refractivity contribution < 1.29 is 4.79 Å². The van der Waals surface area contributed by atoms with Crippen LogP contribution in [-0.4, -0.2) is 38.0 Å². The fourth-order valence-corrected chi connectivity index (χ4v) is 2.66. The van der Waals surface area contributed by atoms with E-state index in [9.17, 15) is 4.79 Å². The summed E-state index contributed by atoms with van der Waals surface area (Å²) < 4.78 is 1.16. The predicted molar refractivity (Wildman–Crippen MR) is 72.7 cm³/mol. The zero-order chi connectivity index (χ0) is 12.3. The first-order chi connectivity index (χ1) is 8.24. The zero-order valence-electron chi connectivity index (χ0n) is 10.1. The highest BCUT2D eigenvalue weighted by Crippen LogP contribution is 2.26. The molecule has 1 aromatic carbocycles. The molecule has 0 bridgehead atoms. The van der Waals surface area contributed by atoms with Gasteiger partial charge in [0.05, 0.1) is 5.56 Å². The Bertz CT molecular complexity index is 521. The maximum Gasteiger partial charge on any atom is 0.255 e. The third-order valence-corrected chi connectivity index (χ3v) is 3.72. The van der Waals surface area contributed by atoms with E-state index in [1.54, 1.807) is 16.2 Å². The molecule has 0 aliphatic carbocycles. The molecule has 4 heteroatoms. The van der Waals surface area contributed by atoms with Gasteiger partial charge >= 0.3 is 0 Å². The van der Waals surface area contributed by atoms with Crippen LogP contribution in [0, 0.1) is 0 Å². The number of carbonyl (C=O) groups excluding carboxylic acids is 1. The summed E-state index contributed by atoms with van der Waals surface area (Å²) >= 11 is 1.62. The number of hydrogen-bond acceptors (Lipinski definition) is 3. The summed E-state index contributed by atoms with van der Waals surface area (Å²) in [5, 5.41) is 6.05. The molecule has 1 amide bonds. The van der Waals surface area contributed by atoms with Gasteiger partial charge in [-0.15, -0.1) is 11.3 Å². The fourth-order valence-electron chi connectivity index (χ4n) is 1.73. The molecule has 0 radical (unpaired) electrons. The van der Waals surface area contributed by atoms with Gasteiger partial charge in [0, 0.05) is 35.6 Å². The smallest absolute Gasteiger partial charge is 0.255 e. The average molecular weight is 248 g/mol. The number of nitrogens with one attached hydrogen (secondary N) is 1.